The smallest absolute Gasteiger partial charge is 0.241 e. The van der Waals surface area contributed by atoms with Crippen molar-refractivity contribution in [2.24, 2.45) is 0 Å². The van der Waals surface area contributed by atoms with Crippen LogP contribution in [0.3, 0.4) is 0 Å². The Morgan fingerprint density at radius 1 is 1.00 bits per heavy atom. The second-order valence-corrected chi connectivity index (χ2v) is 6.96. The molecule has 0 atom stereocenters. The summed E-state index contributed by atoms with van der Waals surface area (Å²) >= 11 is 0. The van der Waals surface area contributed by atoms with Crippen LogP contribution in [0.25, 0.3) is 10.8 Å². The van der Waals surface area contributed by atoms with Crippen LogP contribution in [0.5, 0.6) is 5.75 Å². The summed E-state index contributed by atoms with van der Waals surface area (Å²) in [5.41, 5.74) is 0.851. The summed E-state index contributed by atoms with van der Waals surface area (Å²) in [6.45, 7) is 2.64. The summed E-state index contributed by atoms with van der Waals surface area (Å²) < 4.78 is 33.7. The molecule has 2 aromatic carbocycles. The number of rotatable bonds is 6. The van der Waals surface area contributed by atoms with Crippen molar-refractivity contribution in [1.29, 1.82) is 0 Å². The van der Waals surface area contributed by atoms with Crippen LogP contribution in [0.2, 0.25) is 0 Å². The summed E-state index contributed by atoms with van der Waals surface area (Å²) in [7, 11) is -3.64. The molecule has 3 aromatic rings. The predicted octanol–water partition coefficient (Wildman–Crippen LogP) is 3.11. The van der Waals surface area contributed by atoms with Crippen LogP contribution in [0.15, 0.2) is 65.8 Å². The highest BCUT2D eigenvalue weighted by Gasteiger charge is 2.18. The molecule has 1 N–H and O–H groups in total. The summed E-state index contributed by atoms with van der Waals surface area (Å²) in [4.78, 5) is 4.17. The number of nitrogens with zero attached hydrogens (tertiary/aromatic N) is 1. The topological polar surface area (TPSA) is 68.3 Å². The summed E-state index contributed by atoms with van der Waals surface area (Å²) in [6, 6.07) is 14.2. The van der Waals surface area contributed by atoms with Crippen LogP contribution in [-0.4, -0.2) is 20.0 Å². The first-order valence-electron chi connectivity index (χ1n) is 7.65. The molecule has 0 amide bonds. The van der Waals surface area contributed by atoms with Gasteiger partial charge < -0.3 is 4.74 Å². The molecule has 0 aliphatic carbocycles. The van der Waals surface area contributed by atoms with Gasteiger partial charge in [0.15, 0.2) is 0 Å². The molecule has 0 unspecified atom stereocenters. The number of nitrogens with one attached hydrogen (secondary N) is 1. The molecule has 0 bridgehead atoms. The number of benzene rings is 2. The highest BCUT2D eigenvalue weighted by atomic mass is 32.2. The maximum Gasteiger partial charge on any atom is 0.241 e. The molecule has 1 aromatic heterocycles. The van der Waals surface area contributed by atoms with E-state index < -0.39 is 10.0 Å². The van der Waals surface area contributed by atoms with E-state index in [-0.39, 0.29) is 11.4 Å². The normalized spacial score (nSPS) is 11.5. The summed E-state index contributed by atoms with van der Waals surface area (Å²) in [5, 5.41) is 1.43. The minimum absolute atomic E-state index is 0.215. The van der Waals surface area contributed by atoms with Gasteiger partial charge in [-0.2, -0.15) is 0 Å². The Balaban J connectivity index is 1.97. The van der Waals surface area contributed by atoms with Crippen molar-refractivity contribution < 1.29 is 13.2 Å². The number of aromatic nitrogens is 1. The molecule has 24 heavy (non-hydrogen) atoms. The van der Waals surface area contributed by atoms with Gasteiger partial charge in [-0.15, -0.1) is 0 Å². The van der Waals surface area contributed by atoms with Crippen molar-refractivity contribution in [3.63, 3.8) is 0 Å². The molecule has 6 heteroatoms. The fraction of sp³-hybridized carbons (Fsp3) is 0.167. The van der Waals surface area contributed by atoms with Gasteiger partial charge >= 0.3 is 0 Å². The molecule has 0 spiro atoms. The van der Waals surface area contributed by atoms with Crippen LogP contribution >= 0.6 is 0 Å². The van der Waals surface area contributed by atoms with Gasteiger partial charge in [-0.05, 0) is 36.8 Å². The molecule has 5 nitrogen and oxygen atoms in total. The van der Waals surface area contributed by atoms with E-state index in [9.17, 15) is 8.42 Å². The van der Waals surface area contributed by atoms with Crippen molar-refractivity contribution in [3.05, 3.63) is 66.5 Å². The zero-order chi connectivity index (χ0) is 17.0. The van der Waals surface area contributed by atoms with Gasteiger partial charge in [0.05, 0.1) is 11.5 Å². The van der Waals surface area contributed by atoms with Gasteiger partial charge in [0.25, 0.3) is 0 Å². The van der Waals surface area contributed by atoms with E-state index in [2.05, 4.69) is 9.71 Å². The van der Waals surface area contributed by atoms with Gasteiger partial charge in [0.1, 0.15) is 5.75 Å². The Morgan fingerprint density at radius 3 is 2.42 bits per heavy atom. The monoisotopic (exact) mass is 342 g/mol. The molecule has 0 aliphatic rings. The average molecular weight is 342 g/mol. The van der Waals surface area contributed by atoms with Gasteiger partial charge in [-0.3, -0.25) is 4.98 Å². The lowest BCUT2D eigenvalue weighted by molar-refractivity contribution is 0.344. The van der Waals surface area contributed by atoms with Gasteiger partial charge in [-0.1, -0.05) is 24.3 Å². The quantitative estimate of drug-likeness (QED) is 0.747. The van der Waals surface area contributed by atoms with Crippen LogP contribution in [-0.2, 0) is 16.6 Å². The minimum atomic E-state index is -3.64. The molecule has 0 saturated heterocycles. The third kappa shape index (κ3) is 3.39. The van der Waals surface area contributed by atoms with E-state index in [1.54, 1.807) is 42.7 Å². The van der Waals surface area contributed by atoms with E-state index in [1.165, 1.54) is 0 Å². The number of ether oxygens (including phenoxy) is 1. The van der Waals surface area contributed by atoms with E-state index in [4.69, 9.17) is 4.74 Å². The molecular weight excluding hydrogens is 324 g/mol. The first-order valence-corrected chi connectivity index (χ1v) is 9.13. The van der Waals surface area contributed by atoms with Crippen LogP contribution in [0, 0.1) is 0 Å². The van der Waals surface area contributed by atoms with Gasteiger partial charge in [0, 0.05) is 29.7 Å². The highest BCUT2D eigenvalue weighted by molar-refractivity contribution is 7.89. The number of pyridine rings is 1. The summed E-state index contributed by atoms with van der Waals surface area (Å²) in [6.07, 6.45) is 3.27. The van der Waals surface area contributed by atoms with Crippen molar-refractivity contribution in [2.45, 2.75) is 18.4 Å². The maximum atomic E-state index is 12.7. The van der Waals surface area contributed by atoms with Crippen molar-refractivity contribution >= 4 is 20.8 Å². The van der Waals surface area contributed by atoms with Gasteiger partial charge in [-0.25, -0.2) is 13.1 Å². The number of hydrogen-bond donors (Lipinski definition) is 1. The first kappa shape index (κ1) is 16.4. The molecule has 3 rings (SSSR count). The minimum Gasteiger partial charge on any atom is -0.493 e. The average Bonchev–Trinajstić information content (AvgIpc) is 2.61. The lowest BCUT2D eigenvalue weighted by Gasteiger charge is -2.13. The number of hydrogen-bond acceptors (Lipinski definition) is 4. The Morgan fingerprint density at radius 2 is 1.71 bits per heavy atom. The fourth-order valence-corrected chi connectivity index (χ4v) is 3.74. The second kappa shape index (κ2) is 6.98. The molecule has 1 heterocycles. The van der Waals surface area contributed by atoms with Crippen molar-refractivity contribution in [1.82, 2.24) is 9.71 Å². The second-order valence-electron chi connectivity index (χ2n) is 5.22. The Bertz CT molecular complexity index is 941. The predicted molar refractivity (Wildman–Crippen MR) is 93.4 cm³/mol. The van der Waals surface area contributed by atoms with E-state index in [0.717, 1.165) is 10.9 Å². The Labute approximate surface area is 141 Å². The Hall–Kier alpha value is -2.44. The number of fused-ring (bicyclic) bond motifs is 1. The van der Waals surface area contributed by atoms with E-state index >= 15 is 0 Å². The largest absolute Gasteiger partial charge is 0.493 e. The highest BCUT2D eigenvalue weighted by Crippen LogP contribution is 2.31. The van der Waals surface area contributed by atoms with Crippen LogP contribution < -0.4 is 9.46 Å². The molecule has 0 aliphatic heterocycles. The fourth-order valence-electron chi connectivity index (χ4n) is 2.52. The first-order chi connectivity index (χ1) is 11.6. The maximum absolute atomic E-state index is 12.7. The SMILES string of the molecule is CCOc1ccc(S(=O)(=O)NCc2ccncc2)c2ccccc12. The number of sulfonamides is 1. The molecule has 124 valence electrons. The van der Waals surface area contributed by atoms with Crippen molar-refractivity contribution in [3.8, 4) is 5.75 Å². The molecule has 0 fully saturated rings. The Kier molecular flexibility index (Phi) is 4.78. The lowest BCUT2D eigenvalue weighted by atomic mass is 10.1. The molecular formula is C18H18N2O3S. The van der Waals surface area contributed by atoms with E-state index in [1.807, 2.05) is 25.1 Å². The molecule has 0 saturated carbocycles. The van der Waals surface area contributed by atoms with E-state index in [0.29, 0.717) is 17.7 Å². The van der Waals surface area contributed by atoms with Crippen LogP contribution in [0.1, 0.15) is 12.5 Å². The zero-order valence-electron chi connectivity index (χ0n) is 13.3. The third-order valence-electron chi connectivity index (χ3n) is 3.65. The zero-order valence-corrected chi connectivity index (χ0v) is 14.1. The third-order valence-corrected chi connectivity index (χ3v) is 5.11. The van der Waals surface area contributed by atoms with Gasteiger partial charge in [0.2, 0.25) is 10.0 Å². The van der Waals surface area contributed by atoms with Crippen LogP contribution in [0.4, 0.5) is 0 Å². The summed E-state index contributed by atoms with van der Waals surface area (Å²) in [5.74, 6) is 0.682. The van der Waals surface area contributed by atoms with Crippen molar-refractivity contribution in [2.75, 3.05) is 6.61 Å². The standard InChI is InChI=1S/C18H18N2O3S/c1-2-23-17-7-8-18(16-6-4-3-5-15(16)17)24(21,22)20-13-14-9-11-19-12-10-14/h3-12,20H,2,13H2,1H3. The molecule has 0 radical (unpaired) electrons. The lowest BCUT2D eigenvalue weighted by Crippen LogP contribution is -2.23.